The van der Waals surface area contributed by atoms with Gasteiger partial charge in [-0.3, -0.25) is 9.59 Å². The van der Waals surface area contributed by atoms with Crippen LogP contribution in [0.3, 0.4) is 0 Å². The summed E-state index contributed by atoms with van der Waals surface area (Å²) in [5.41, 5.74) is 1.09. The number of esters is 2. The van der Waals surface area contributed by atoms with E-state index in [0.717, 1.165) is 11.3 Å². The molecule has 0 aliphatic heterocycles. The number of ether oxygens (including phenoxy) is 3. The fraction of sp³-hybridized carbons (Fsp3) is 0.444. The lowest BCUT2D eigenvalue weighted by atomic mass is 9.74. The number of carbonyl (C=O) groups excluding carboxylic acids is 2. The molecule has 2 aliphatic carbocycles. The fourth-order valence-electron chi connectivity index (χ4n) is 3.81. The Bertz CT molecular complexity index is 642. The van der Waals surface area contributed by atoms with E-state index >= 15 is 0 Å². The van der Waals surface area contributed by atoms with Gasteiger partial charge in [0.25, 0.3) is 0 Å². The third kappa shape index (κ3) is 2.31. The van der Waals surface area contributed by atoms with Gasteiger partial charge in [-0.05, 0) is 47.9 Å². The minimum atomic E-state index is -1.18. The molecule has 1 aromatic carbocycles. The summed E-state index contributed by atoms with van der Waals surface area (Å²) < 4.78 is 14.9. The Morgan fingerprint density at radius 2 is 1.61 bits per heavy atom. The molecular weight excluding hydrogens is 296 g/mol. The van der Waals surface area contributed by atoms with Crippen LogP contribution < -0.4 is 4.74 Å². The molecule has 0 aromatic heterocycles. The van der Waals surface area contributed by atoms with Crippen LogP contribution in [0.2, 0.25) is 0 Å². The summed E-state index contributed by atoms with van der Waals surface area (Å²) in [5.74, 6) is 0.199. The quantitative estimate of drug-likeness (QED) is 0.631. The summed E-state index contributed by atoms with van der Waals surface area (Å²) in [4.78, 5) is 24.4. The number of methoxy groups -OCH3 is 3. The van der Waals surface area contributed by atoms with Crippen molar-refractivity contribution < 1.29 is 23.8 Å². The van der Waals surface area contributed by atoms with Crippen LogP contribution in [0.25, 0.3) is 5.57 Å². The molecule has 0 N–H and O–H groups in total. The van der Waals surface area contributed by atoms with Gasteiger partial charge < -0.3 is 14.2 Å². The minimum absolute atomic E-state index is 0.182. The van der Waals surface area contributed by atoms with Gasteiger partial charge in [0.15, 0.2) is 5.41 Å². The highest BCUT2D eigenvalue weighted by molar-refractivity contribution is 6.01. The summed E-state index contributed by atoms with van der Waals surface area (Å²) in [7, 11) is 4.25. The first-order valence-electron chi connectivity index (χ1n) is 7.58. The average Bonchev–Trinajstić information content (AvgIpc) is 2.88. The second kappa shape index (κ2) is 5.72. The van der Waals surface area contributed by atoms with Gasteiger partial charge in [-0.15, -0.1) is 0 Å². The zero-order valence-electron chi connectivity index (χ0n) is 13.5. The zero-order chi connectivity index (χ0) is 16.6. The van der Waals surface area contributed by atoms with E-state index < -0.39 is 17.4 Å². The molecule has 5 heteroatoms. The first kappa shape index (κ1) is 15.6. The molecule has 2 aliphatic rings. The SMILES string of the molecule is COC(=O)C1(C(=O)OC)C[C@H]2C=C(c3ccc(OC)cc3)[C@H]2C1. The van der Waals surface area contributed by atoms with Gasteiger partial charge in [0, 0.05) is 0 Å². The topological polar surface area (TPSA) is 61.8 Å². The van der Waals surface area contributed by atoms with E-state index in [1.54, 1.807) is 7.11 Å². The van der Waals surface area contributed by atoms with Crippen LogP contribution in [-0.4, -0.2) is 33.3 Å². The molecule has 23 heavy (non-hydrogen) atoms. The van der Waals surface area contributed by atoms with Crippen molar-refractivity contribution in [3.05, 3.63) is 35.9 Å². The number of hydrogen-bond donors (Lipinski definition) is 0. The van der Waals surface area contributed by atoms with Crippen molar-refractivity contribution in [2.45, 2.75) is 12.8 Å². The number of fused-ring (bicyclic) bond motifs is 1. The Balaban J connectivity index is 1.83. The Morgan fingerprint density at radius 1 is 1.00 bits per heavy atom. The number of benzene rings is 1. The molecule has 0 spiro atoms. The average molecular weight is 316 g/mol. The lowest BCUT2D eigenvalue weighted by Crippen LogP contribution is -2.39. The van der Waals surface area contributed by atoms with Crippen molar-refractivity contribution in [3.63, 3.8) is 0 Å². The summed E-state index contributed by atoms with van der Waals surface area (Å²) in [5, 5.41) is 0. The second-order valence-electron chi connectivity index (χ2n) is 6.09. The molecule has 0 bridgehead atoms. The third-order valence-electron chi connectivity index (χ3n) is 5.04. The van der Waals surface area contributed by atoms with Gasteiger partial charge in [0.1, 0.15) is 5.75 Å². The van der Waals surface area contributed by atoms with Crippen molar-refractivity contribution in [2.24, 2.45) is 17.3 Å². The summed E-state index contributed by atoms with van der Waals surface area (Å²) in [6.07, 6.45) is 3.03. The number of rotatable bonds is 4. The highest BCUT2D eigenvalue weighted by atomic mass is 16.5. The lowest BCUT2D eigenvalue weighted by molar-refractivity contribution is -0.168. The molecule has 3 rings (SSSR count). The predicted octanol–water partition coefficient (Wildman–Crippen LogP) is 2.45. The third-order valence-corrected chi connectivity index (χ3v) is 5.04. The summed E-state index contributed by atoms with van der Waals surface area (Å²) >= 11 is 0. The van der Waals surface area contributed by atoms with E-state index in [-0.39, 0.29) is 11.8 Å². The van der Waals surface area contributed by atoms with Crippen LogP contribution in [0.15, 0.2) is 30.3 Å². The predicted molar refractivity (Wildman–Crippen MR) is 83.7 cm³/mol. The molecule has 0 unspecified atom stereocenters. The van der Waals surface area contributed by atoms with Crippen LogP contribution in [0.5, 0.6) is 5.75 Å². The Morgan fingerprint density at radius 3 is 2.13 bits per heavy atom. The first-order valence-corrected chi connectivity index (χ1v) is 7.58. The van der Waals surface area contributed by atoms with Crippen LogP contribution in [0.4, 0.5) is 0 Å². The van der Waals surface area contributed by atoms with E-state index in [0.29, 0.717) is 12.8 Å². The van der Waals surface area contributed by atoms with Crippen LogP contribution in [0.1, 0.15) is 18.4 Å². The molecular formula is C18H20O5. The maximum absolute atomic E-state index is 12.2. The van der Waals surface area contributed by atoms with Crippen molar-refractivity contribution in [2.75, 3.05) is 21.3 Å². The summed E-state index contributed by atoms with van der Waals surface area (Å²) in [6.45, 7) is 0. The van der Waals surface area contributed by atoms with E-state index in [1.165, 1.54) is 19.8 Å². The van der Waals surface area contributed by atoms with E-state index in [1.807, 2.05) is 24.3 Å². The zero-order valence-corrected chi connectivity index (χ0v) is 13.5. The fourth-order valence-corrected chi connectivity index (χ4v) is 3.81. The molecule has 0 heterocycles. The Labute approximate surface area is 135 Å². The maximum atomic E-state index is 12.2. The monoisotopic (exact) mass is 316 g/mol. The molecule has 2 atom stereocenters. The highest BCUT2D eigenvalue weighted by Crippen LogP contribution is 2.58. The van der Waals surface area contributed by atoms with Gasteiger partial charge in [-0.1, -0.05) is 18.2 Å². The Kier molecular flexibility index (Phi) is 3.88. The van der Waals surface area contributed by atoms with E-state index in [2.05, 4.69) is 6.08 Å². The molecule has 5 nitrogen and oxygen atoms in total. The number of allylic oxidation sites excluding steroid dienone is 2. The maximum Gasteiger partial charge on any atom is 0.323 e. The van der Waals surface area contributed by atoms with Crippen molar-refractivity contribution in [1.29, 1.82) is 0 Å². The molecule has 1 fully saturated rings. The standard InChI is InChI=1S/C18H20O5/c1-21-13-6-4-11(5-7-13)14-8-12-9-18(10-15(12)14,16(19)22-2)17(20)23-3/h4-8,12,15H,9-10H2,1-3H3/t12-,15+/m1/s1. The van der Waals surface area contributed by atoms with Crippen molar-refractivity contribution >= 4 is 17.5 Å². The van der Waals surface area contributed by atoms with E-state index in [9.17, 15) is 9.59 Å². The van der Waals surface area contributed by atoms with Gasteiger partial charge in [0.05, 0.1) is 21.3 Å². The normalized spacial score (nSPS) is 24.0. The molecule has 0 radical (unpaired) electrons. The van der Waals surface area contributed by atoms with E-state index in [4.69, 9.17) is 14.2 Å². The first-order chi connectivity index (χ1) is 11.1. The van der Waals surface area contributed by atoms with Gasteiger partial charge in [-0.25, -0.2) is 0 Å². The lowest BCUT2D eigenvalue weighted by Gasteiger charge is -2.30. The smallest absolute Gasteiger partial charge is 0.323 e. The summed E-state index contributed by atoms with van der Waals surface area (Å²) in [6, 6.07) is 7.81. The number of hydrogen-bond acceptors (Lipinski definition) is 5. The van der Waals surface area contributed by atoms with Gasteiger partial charge in [-0.2, -0.15) is 0 Å². The van der Waals surface area contributed by atoms with Crippen molar-refractivity contribution in [3.8, 4) is 5.75 Å². The molecule has 1 aromatic rings. The largest absolute Gasteiger partial charge is 0.497 e. The molecule has 1 saturated carbocycles. The second-order valence-corrected chi connectivity index (χ2v) is 6.09. The van der Waals surface area contributed by atoms with Crippen LogP contribution in [0, 0.1) is 17.3 Å². The minimum Gasteiger partial charge on any atom is -0.497 e. The molecule has 0 saturated heterocycles. The van der Waals surface area contributed by atoms with Gasteiger partial charge >= 0.3 is 11.9 Å². The molecule has 122 valence electrons. The van der Waals surface area contributed by atoms with Crippen LogP contribution >= 0.6 is 0 Å². The van der Waals surface area contributed by atoms with Crippen LogP contribution in [-0.2, 0) is 19.1 Å². The number of carbonyl (C=O) groups is 2. The highest BCUT2D eigenvalue weighted by Gasteiger charge is 2.59. The Hall–Kier alpha value is -2.30. The van der Waals surface area contributed by atoms with Crippen molar-refractivity contribution in [1.82, 2.24) is 0 Å². The van der Waals surface area contributed by atoms with Gasteiger partial charge in [0.2, 0.25) is 0 Å². The molecule has 0 amide bonds.